The van der Waals surface area contributed by atoms with E-state index in [2.05, 4.69) is 9.47 Å². The summed E-state index contributed by atoms with van der Waals surface area (Å²) in [5.41, 5.74) is 5.32. The summed E-state index contributed by atoms with van der Waals surface area (Å²) in [6.45, 7) is -0.793. The predicted molar refractivity (Wildman–Crippen MR) is 48.9 cm³/mol. The molecule has 0 aliphatic heterocycles. The molecule has 0 spiro atoms. The maximum atomic E-state index is 13.0. The molecule has 6 heteroatoms. The predicted octanol–water partition coefficient (Wildman–Crippen LogP) is 2.06. The molecule has 0 atom stereocenters. The van der Waals surface area contributed by atoms with E-state index in [1.165, 1.54) is 7.11 Å². The van der Waals surface area contributed by atoms with Gasteiger partial charge in [0.05, 0.1) is 12.8 Å². The van der Waals surface area contributed by atoms with Crippen LogP contribution in [0.2, 0.25) is 0 Å². The highest BCUT2D eigenvalue weighted by atomic mass is 19.3. The number of nitrogen functional groups attached to an aromatic ring is 1. The molecule has 0 bridgehead atoms. The monoisotopic (exact) mass is 221 g/mol. The number of hydrogen-bond donors (Lipinski definition) is 1. The smallest absolute Gasteiger partial charge is 0.272 e. The first-order valence-electron chi connectivity index (χ1n) is 4.08. The minimum Gasteiger partial charge on any atom is -0.494 e. The molecule has 0 amide bonds. The molecule has 1 rings (SSSR count). The van der Waals surface area contributed by atoms with Crippen molar-refractivity contribution >= 4 is 5.69 Å². The quantitative estimate of drug-likeness (QED) is 0.791. The van der Waals surface area contributed by atoms with Crippen molar-refractivity contribution in [1.82, 2.24) is 0 Å². The van der Waals surface area contributed by atoms with Gasteiger partial charge in [-0.15, -0.1) is 0 Å². The van der Waals surface area contributed by atoms with Gasteiger partial charge in [0.25, 0.3) is 6.43 Å². The third-order valence-corrected chi connectivity index (χ3v) is 1.65. The van der Waals surface area contributed by atoms with Crippen LogP contribution in [0.1, 0.15) is 0 Å². The highest BCUT2D eigenvalue weighted by molar-refractivity contribution is 5.56. The molecule has 0 radical (unpaired) electrons. The third kappa shape index (κ3) is 2.93. The number of halogens is 3. The fourth-order valence-electron chi connectivity index (χ4n) is 0.984. The number of alkyl halides is 2. The van der Waals surface area contributed by atoms with Crippen LogP contribution in [0.4, 0.5) is 18.9 Å². The van der Waals surface area contributed by atoms with E-state index in [0.717, 1.165) is 12.1 Å². The molecule has 15 heavy (non-hydrogen) atoms. The van der Waals surface area contributed by atoms with E-state index in [0.29, 0.717) is 0 Å². The van der Waals surface area contributed by atoms with Gasteiger partial charge in [-0.2, -0.15) is 0 Å². The molecule has 0 unspecified atom stereocenters. The van der Waals surface area contributed by atoms with E-state index >= 15 is 0 Å². The fraction of sp³-hybridized carbons (Fsp3) is 0.333. The Labute approximate surface area is 84.6 Å². The van der Waals surface area contributed by atoms with E-state index < -0.39 is 18.8 Å². The fourth-order valence-corrected chi connectivity index (χ4v) is 0.984. The molecule has 0 aliphatic carbocycles. The van der Waals surface area contributed by atoms with Gasteiger partial charge in [-0.3, -0.25) is 0 Å². The summed E-state index contributed by atoms with van der Waals surface area (Å²) >= 11 is 0. The van der Waals surface area contributed by atoms with Crippen molar-refractivity contribution in [3.63, 3.8) is 0 Å². The Kier molecular flexibility index (Phi) is 3.65. The Balaban J connectivity index is 2.87. The summed E-state index contributed by atoms with van der Waals surface area (Å²) in [5.74, 6) is -0.790. The second-order valence-electron chi connectivity index (χ2n) is 2.73. The lowest BCUT2D eigenvalue weighted by Gasteiger charge is -2.10. The number of anilines is 1. The minimum absolute atomic E-state index is 0.0199. The summed E-state index contributed by atoms with van der Waals surface area (Å²) in [5, 5.41) is 0. The van der Waals surface area contributed by atoms with Crippen molar-refractivity contribution in [2.75, 3.05) is 19.5 Å². The van der Waals surface area contributed by atoms with Crippen LogP contribution in [-0.2, 0) is 0 Å². The van der Waals surface area contributed by atoms with Gasteiger partial charge in [-0.1, -0.05) is 0 Å². The average Bonchev–Trinajstić information content (AvgIpc) is 2.16. The zero-order valence-corrected chi connectivity index (χ0v) is 7.97. The molecule has 0 saturated carbocycles. The summed E-state index contributed by atoms with van der Waals surface area (Å²) < 4.78 is 46.0. The van der Waals surface area contributed by atoms with Crippen molar-refractivity contribution in [3.05, 3.63) is 17.9 Å². The van der Waals surface area contributed by atoms with Gasteiger partial charge in [-0.05, 0) is 0 Å². The van der Waals surface area contributed by atoms with Crippen LogP contribution in [0.5, 0.6) is 11.5 Å². The van der Waals surface area contributed by atoms with Gasteiger partial charge in [0.2, 0.25) is 0 Å². The lowest BCUT2D eigenvalue weighted by molar-refractivity contribution is 0.0821. The van der Waals surface area contributed by atoms with E-state index in [1.54, 1.807) is 0 Å². The molecule has 0 saturated heterocycles. The number of nitrogens with two attached hydrogens (primary N) is 1. The number of ether oxygens (including phenoxy) is 2. The molecule has 0 heterocycles. The largest absolute Gasteiger partial charge is 0.494 e. The summed E-state index contributed by atoms with van der Waals surface area (Å²) in [6.07, 6.45) is -2.61. The molecule has 84 valence electrons. The number of benzene rings is 1. The first-order valence-corrected chi connectivity index (χ1v) is 4.08. The molecule has 0 fully saturated rings. The Morgan fingerprint density at radius 3 is 2.53 bits per heavy atom. The molecular formula is C9H10F3NO2. The number of rotatable bonds is 4. The molecule has 3 nitrogen and oxygen atoms in total. The summed E-state index contributed by atoms with van der Waals surface area (Å²) in [4.78, 5) is 0. The SMILES string of the molecule is COc1cc(OCC(F)F)c(N)cc1F. The molecule has 1 aromatic rings. The molecule has 0 aromatic heterocycles. The highest BCUT2D eigenvalue weighted by Crippen LogP contribution is 2.30. The van der Waals surface area contributed by atoms with Crippen LogP contribution >= 0.6 is 0 Å². The number of methoxy groups -OCH3 is 1. The van der Waals surface area contributed by atoms with Gasteiger partial charge >= 0.3 is 0 Å². The van der Waals surface area contributed by atoms with E-state index in [9.17, 15) is 13.2 Å². The summed E-state index contributed by atoms with van der Waals surface area (Å²) in [7, 11) is 1.26. The van der Waals surface area contributed by atoms with E-state index in [4.69, 9.17) is 5.73 Å². The average molecular weight is 221 g/mol. The van der Waals surface area contributed by atoms with Gasteiger partial charge in [0.15, 0.2) is 11.6 Å². The first kappa shape index (κ1) is 11.5. The topological polar surface area (TPSA) is 44.5 Å². The van der Waals surface area contributed by atoms with Gasteiger partial charge in [0.1, 0.15) is 12.4 Å². The van der Waals surface area contributed by atoms with Gasteiger partial charge in [-0.25, -0.2) is 13.2 Å². The van der Waals surface area contributed by atoms with Crippen molar-refractivity contribution in [3.8, 4) is 11.5 Å². The lowest BCUT2D eigenvalue weighted by Crippen LogP contribution is -2.08. The van der Waals surface area contributed by atoms with Crippen LogP contribution in [0.3, 0.4) is 0 Å². The van der Waals surface area contributed by atoms with E-state index in [-0.39, 0.29) is 17.2 Å². The van der Waals surface area contributed by atoms with Crippen LogP contribution < -0.4 is 15.2 Å². The van der Waals surface area contributed by atoms with E-state index in [1.807, 2.05) is 0 Å². The maximum absolute atomic E-state index is 13.0. The normalized spacial score (nSPS) is 10.5. The molecule has 2 N–H and O–H groups in total. The first-order chi connectivity index (χ1) is 7.04. The Morgan fingerprint density at radius 2 is 2.00 bits per heavy atom. The standard InChI is InChI=1S/C9H10F3NO2/c1-14-7-3-8(15-4-9(11)12)6(13)2-5(7)10/h2-3,9H,4,13H2,1H3. The Morgan fingerprint density at radius 1 is 1.33 bits per heavy atom. The second-order valence-corrected chi connectivity index (χ2v) is 2.73. The lowest BCUT2D eigenvalue weighted by atomic mass is 10.2. The Bertz CT molecular complexity index is 344. The van der Waals surface area contributed by atoms with Crippen molar-refractivity contribution in [1.29, 1.82) is 0 Å². The highest BCUT2D eigenvalue weighted by Gasteiger charge is 2.11. The molecular weight excluding hydrogens is 211 g/mol. The number of hydrogen-bond acceptors (Lipinski definition) is 3. The maximum Gasteiger partial charge on any atom is 0.272 e. The van der Waals surface area contributed by atoms with Crippen molar-refractivity contribution in [2.24, 2.45) is 0 Å². The van der Waals surface area contributed by atoms with Crippen molar-refractivity contribution < 1.29 is 22.6 Å². The zero-order chi connectivity index (χ0) is 11.4. The molecule has 0 aliphatic rings. The van der Waals surface area contributed by atoms with Gasteiger partial charge in [0, 0.05) is 12.1 Å². The van der Waals surface area contributed by atoms with Crippen LogP contribution in [0.15, 0.2) is 12.1 Å². The second kappa shape index (κ2) is 4.77. The minimum atomic E-state index is -2.61. The van der Waals surface area contributed by atoms with Crippen molar-refractivity contribution in [2.45, 2.75) is 6.43 Å². The Hall–Kier alpha value is -1.59. The third-order valence-electron chi connectivity index (χ3n) is 1.65. The van der Waals surface area contributed by atoms with Crippen LogP contribution in [0.25, 0.3) is 0 Å². The molecule has 1 aromatic carbocycles. The van der Waals surface area contributed by atoms with Crippen LogP contribution in [0, 0.1) is 5.82 Å². The zero-order valence-electron chi connectivity index (χ0n) is 7.97. The summed E-state index contributed by atoms with van der Waals surface area (Å²) in [6, 6.07) is 2.09. The van der Waals surface area contributed by atoms with Crippen LogP contribution in [-0.4, -0.2) is 20.1 Å². The van der Waals surface area contributed by atoms with Gasteiger partial charge < -0.3 is 15.2 Å².